The van der Waals surface area contributed by atoms with Crippen LogP contribution in [0.25, 0.3) is 0 Å². The largest absolute Gasteiger partial charge is 0.484 e. The second kappa shape index (κ2) is 7.16. The Bertz CT molecular complexity index is 847. The first-order valence-corrected chi connectivity index (χ1v) is 7.55. The molecular weight excluding hydrogens is 329 g/mol. The zero-order chi connectivity index (χ0) is 17.8. The molecule has 25 heavy (non-hydrogen) atoms. The van der Waals surface area contributed by atoms with Crippen molar-refractivity contribution in [2.45, 2.75) is 19.6 Å². The lowest BCUT2D eigenvalue weighted by Crippen LogP contribution is -2.30. The number of hydrogen-bond donors (Lipinski definition) is 0. The van der Waals surface area contributed by atoms with Crippen LogP contribution < -0.4 is 4.74 Å². The van der Waals surface area contributed by atoms with Crippen molar-refractivity contribution < 1.29 is 22.9 Å². The van der Waals surface area contributed by atoms with E-state index in [-0.39, 0.29) is 30.1 Å². The summed E-state index contributed by atoms with van der Waals surface area (Å²) in [6.07, 6.45) is 2.71. The Kier molecular flexibility index (Phi) is 4.78. The summed E-state index contributed by atoms with van der Waals surface area (Å²) >= 11 is 0. The van der Waals surface area contributed by atoms with E-state index in [2.05, 4.69) is 10.1 Å². The molecule has 130 valence electrons. The van der Waals surface area contributed by atoms with E-state index >= 15 is 0 Å². The van der Waals surface area contributed by atoms with Crippen molar-refractivity contribution in [1.82, 2.24) is 15.0 Å². The Hall–Kier alpha value is -3.16. The molecule has 2 aromatic heterocycles. The number of hydrogen-bond acceptors (Lipinski definition) is 6. The van der Waals surface area contributed by atoms with Crippen LogP contribution in [0.15, 0.2) is 51.8 Å². The molecule has 0 N–H and O–H groups in total. The van der Waals surface area contributed by atoms with E-state index in [9.17, 15) is 9.18 Å². The minimum absolute atomic E-state index is 0.0146. The number of carbonyl (C=O) groups excluding carboxylic acids is 1. The van der Waals surface area contributed by atoms with Crippen LogP contribution in [0.5, 0.6) is 5.75 Å². The first-order valence-electron chi connectivity index (χ1n) is 7.55. The molecule has 3 aromatic rings. The third-order valence-electron chi connectivity index (χ3n) is 3.72. The van der Waals surface area contributed by atoms with Crippen molar-refractivity contribution in [1.29, 1.82) is 0 Å². The highest BCUT2D eigenvalue weighted by Crippen LogP contribution is 2.19. The smallest absolute Gasteiger partial charge is 0.276 e. The van der Waals surface area contributed by atoms with Crippen LogP contribution in [-0.2, 0) is 6.61 Å². The van der Waals surface area contributed by atoms with Gasteiger partial charge >= 0.3 is 0 Å². The molecule has 1 aromatic carbocycles. The number of nitrogens with zero attached hydrogens (tertiary/aromatic N) is 3. The van der Waals surface area contributed by atoms with Crippen molar-refractivity contribution in [2.75, 3.05) is 7.05 Å². The van der Waals surface area contributed by atoms with Crippen LogP contribution in [0.4, 0.5) is 4.39 Å². The summed E-state index contributed by atoms with van der Waals surface area (Å²) in [5, 5.41) is 3.83. The average Bonchev–Trinajstić information content (AvgIpc) is 3.30. The minimum Gasteiger partial charge on any atom is -0.484 e. The molecule has 0 fully saturated rings. The van der Waals surface area contributed by atoms with Gasteiger partial charge in [-0.3, -0.25) is 4.79 Å². The molecule has 0 radical (unpaired) electrons. The number of rotatable bonds is 6. The lowest BCUT2D eigenvalue weighted by Gasteiger charge is -2.21. The van der Waals surface area contributed by atoms with Crippen molar-refractivity contribution >= 4 is 5.91 Å². The molecule has 0 saturated heterocycles. The van der Waals surface area contributed by atoms with Gasteiger partial charge in [0.15, 0.2) is 12.3 Å². The van der Waals surface area contributed by atoms with E-state index in [1.165, 1.54) is 35.6 Å². The topological polar surface area (TPSA) is 81.6 Å². The van der Waals surface area contributed by atoms with Crippen molar-refractivity contribution in [3.63, 3.8) is 0 Å². The standard InChI is InChI=1S/C17H16FN3O4/c1-11(14-6-7-25-20-14)21(2)17(22)15-9-24-16(19-15)10-23-13-5-3-4-12(18)8-13/h3-9,11H,10H2,1-2H3/t11-/m0/s1. The summed E-state index contributed by atoms with van der Waals surface area (Å²) < 4.78 is 28.5. The number of carbonyl (C=O) groups is 1. The molecular formula is C17H16FN3O4. The fraction of sp³-hybridized carbons (Fsp3) is 0.235. The van der Waals surface area contributed by atoms with E-state index < -0.39 is 5.82 Å². The van der Waals surface area contributed by atoms with Crippen molar-refractivity contribution in [3.8, 4) is 5.75 Å². The number of ether oxygens (including phenoxy) is 1. The van der Waals surface area contributed by atoms with Gasteiger partial charge in [0, 0.05) is 19.2 Å². The average molecular weight is 345 g/mol. The van der Waals surface area contributed by atoms with Crippen LogP contribution in [0, 0.1) is 5.82 Å². The van der Waals surface area contributed by atoms with E-state index in [1.807, 2.05) is 6.92 Å². The molecule has 1 amide bonds. The molecule has 0 aliphatic rings. The Balaban J connectivity index is 1.63. The van der Waals surface area contributed by atoms with Gasteiger partial charge in [0.1, 0.15) is 29.8 Å². The predicted molar refractivity (Wildman–Crippen MR) is 84.2 cm³/mol. The third kappa shape index (κ3) is 3.85. The van der Waals surface area contributed by atoms with Gasteiger partial charge in [-0.1, -0.05) is 11.2 Å². The van der Waals surface area contributed by atoms with Crippen LogP contribution in [0.3, 0.4) is 0 Å². The van der Waals surface area contributed by atoms with Gasteiger partial charge in [-0.2, -0.15) is 0 Å². The summed E-state index contributed by atoms with van der Waals surface area (Å²) in [4.78, 5) is 18.1. The van der Waals surface area contributed by atoms with Gasteiger partial charge in [0.25, 0.3) is 5.91 Å². The van der Waals surface area contributed by atoms with E-state index in [0.717, 1.165) is 0 Å². The highest BCUT2D eigenvalue weighted by Gasteiger charge is 2.23. The normalized spacial score (nSPS) is 12.0. The van der Waals surface area contributed by atoms with Gasteiger partial charge in [-0.05, 0) is 19.1 Å². The Labute approximate surface area is 143 Å². The number of aromatic nitrogens is 2. The second-order valence-electron chi connectivity index (χ2n) is 5.39. The van der Waals surface area contributed by atoms with Gasteiger partial charge in [-0.25, -0.2) is 9.37 Å². The van der Waals surface area contributed by atoms with Crippen LogP contribution in [-0.4, -0.2) is 28.0 Å². The first kappa shape index (κ1) is 16.7. The molecule has 2 heterocycles. The number of amides is 1. The van der Waals surface area contributed by atoms with Crippen LogP contribution in [0.2, 0.25) is 0 Å². The fourth-order valence-corrected chi connectivity index (χ4v) is 2.17. The van der Waals surface area contributed by atoms with E-state index in [1.54, 1.807) is 19.2 Å². The summed E-state index contributed by atoms with van der Waals surface area (Å²) in [6, 6.07) is 7.13. The maximum absolute atomic E-state index is 13.1. The SMILES string of the molecule is C[C@@H](c1ccon1)N(C)C(=O)c1coc(COc2cccc(F)c2)n1. The Morgan fingerprint density at radius 1 is 1.40 bits per heavy atom. The summed E-state index contributed by atoms with van der Waals surface area (Å²) in [7, 11) is 1.64. The summed E-state index contributed by atoms with van der Waals surface area (Å²) in [6.45, 7) is 1.81. The molecule has 0 saturated carbocycles. The molecule has 8 heteroatoms. The molecule has 0 unspecified atom stereocenters. The number of halogens is 1. The maximum Gasteiger partial charge on any atom is 0.276 e. The number of benzene rings is 1. The van der Waals surface area contributed by atoms with Crippen LogP contribution in [0.1, 0.15) is 35.0 Å². The Morgan fingerprint density at radius 3 is 2.96 bits per heavy atom. The molecule has 3 rings (SSSR count). The summed E-state index contributed by atoms with van der Waals surface area (Å²) in [5.41, 5.74) is 0.782. The minimum atomic E-state index is -0.399. The zero-order valence-corrected chi connectivity index (χ0v) is 13.7. The third-order valence-corrected chi connectivity index (χ3v) is 3.72. The molecule has 0 bridgehead atoms. The highest BCUT2D eigenvalue weighted by atomic mass is 19.1. The van der Waals surface area contributed by atoms with E-state index in [4.69, 9.17) is 13.7 Å². The monoisotopic (exact) mass is 345 g/mol. The lowest BCUT2D eigenvalue weighted by atomic mass is 10.2. The van der Waals surface area contributed by atoms with Crippen molar-refractivity contribution in [3.05, 3.63) is 66.0 Å². The lowest BCUT2D eigenvalue weighted by molar-refractivity contribution is 0.0731. The summed E-state index contributed by atoms with van der Waals surface area (Å²) in [5.74, 6) is -0.154. The van der Waals surface area contributed by atoms with Crippen LogP contribution >= 0.6 is 0 Å². The fourth-order valence-electron chi connectivity index (χ4n) is 2.17. The number of oxazole rings is 1. The quantitative estimate of drug-likeness (QED) is 0.682. The maximum atomic E-state index is 13.1. The Morgan fingerprint density at radius 2 is 2.24 bits per heavy atom. The molecule has 0 aliphatic carbocycles. The van der Waals surface area contributed by atoms with Crippen molar-refractivity contribution in [2.24, 2.45) is 0 Å². The molecule has 1 atom stereocenters. The zero-order valence-electron chi connectivity index (χ0n) is 13.7. The molecule has 7 nitrogen and oxygen atoms in total. The van der Waals surface area contributed by atoms with Gasteiger partial charge in [0.05, 0.1) is 6.04 Å². The molecule has 0 aliphatic heterocycles. The first-order chi connectivity index (χ1) is 12.0. The second-order valence-corrected chi connectivity index (χ2v) is 5.39. The predicted octanol–water partition coefficient (Wildman–Crippen LogP) is 3.21. The van der Waals surface area contributed by atoms with Gasteiger partial charge < -0.3 is 18.6 Å². The van der Waals surface area contributed by atoms with Gasteiger partial charge in [0.2, 0.25) is 5.89 Å². The van der Waals surface area contributed by atoms with E-state index in [0.29, 0.717) is 11.4 Å². The highest BCUT2D eigenvalue weighted by molar-refractivity contribution is 5.92. The molecule has 0 spiro atoms. The van der Waals surface area contributed by atoms with Gasteiger partial charge in [-0.15, -0.1) is 0 Å².